The Morgan fingerprint density at radius 1 is 1.09 bits per heavy atom. The van der Waals surface area contributed by atoms with Crippen LogP contribution in [0.3, 0.4) is 0 Å². The lowest BCUT2D eigenvalue weighted by atomic mass is 10.0. The molecule has 0 amide bonds. The average molecular weight is 310 g/mol. The van der Waals surface area contributed by atoms with Gasteiger partial charge in [-0.2, -0.15) is 0 Å². The monoisotopic (exact) mass is 310 g/mol. The quantitative estimate of drug-likeness (QED) is 0.338. The van der Waals surface area contributed by atoms with Gasteiger partial charge in [-0.3, -0.25) is 4.79 Å². The first kappa shape index (κ1) is 16.5. The molecule has 1 atom stereocenters. The third-order valence-electron chi connectivity index (χ3n) is 3.17. The van der Waals surface area contributed by atoms with Crippen LogP contribution in [0.5, 0.6) is 5.75 Å². The molecule has 0 spiro atoms. The molecule has 2 aromatic rings. The average Bonchev–Trinajstić information content (AvgIpc) is 2.61. The summed E-state index contributed by atoms with van der Waals surface area (Å²) in [6.07, 6.45) is 0.755. The molecule has 0 radical (unpaired) electrons. The number of rotatable bonds is 7. The SMILES string of the molecule is C=CC(=O)OC(CC)Oc1ccccc1C(=O)c1ccccc1. The molecule has 0 saturated carbocycles. The Balaban J connectivity index is 2.25. The van der Waals surface area contributed by atoms with Gasteiger partial charge >= 0.3 is 5.97 Å². The summed E-state index contributed by atoms with van der Waals surface area (Å²) in [5, 5.41) is 0. The van der Waals surface area contributed by atoms with Crippen LogP contribution in [0.1, 0.15) is 29.3 Å². The Kier molecular flexibility index (Phi) is 5.69. The molecule has 4 nitrogen and oxygen atoms in total. The van der Waals surface area contributed by atoms with Crippen LogP contribution in [0.2, 0.25) is 0 Å². The van der Waals surface area contributed by atoms with E-state index in [9.17, 15) is 9.59 Å². The standard InChI is InChI=1S/C19H18O4/c1-3-17(20)23-18(4-2)22-16-13-9-8-12-15(16)19(21)14-10-6-5-7-11-14/h3,5-13,18H,1,4H2,2H3. The zero-order valence-electron chi connectivity index (χ0n) is 12.9. The minimum absolute atomic E-state index is 0.147. The van der Waals surface area contributed by atoms with Crippen molar-refractivity contribution in [1.82, 2.24) is 0 Å². The minimum atomic E-state index is -0.773. The first-order valence-electron chi connectivity index (χ1n) is 7.34. The van der Waals surface area contributed by atoms with E-state index in [2.05, 4.69) is 6.58 Å². The molecule has 0 N–H and O–H groups in total. The predicted octanol–water partition coefficient (Wildman–Crippen LogP) is 3.76. The van der Waals surface area contributed by atoms with E-state index in [1.54, 1.807) is 48.5 Å². The van der Waals surface area contributed by atoms with Gasteiger partial charge in [0, 0.05) is 18.1 Å². The molecule has 0 fully saturated rings. The molecule has 0 aromatic heterocycles. The first-order valence-corrected chi connectivity index (χ1v) is 7.34. The number of hydrogen-bond acceptors (Lipinski definition) is 4. The second-order valence-electron chi connectivity index (χ2n) is 4.79. The summed E-state index contributed by atoms with van der Waals surface area (Å²) in [5.74, 6) is -0.333. The van der Waals surface area contributed by atoms with Crippen LogP contribution in [0, 0.1) is 0 Å². The van der Waals surface area contributed by atoms with E-state index in [0.717, 1.165) is 6.08 Å². The molecular formula is C19H18O4. The lowest BCUT2D eigenvalue weighted by Gasteiger charge is -2.19. The summed E-state index contributed by atoms with van der Waals surface area (Å²) in [6.45, 7) is 5.18. The maximum atomic E-state index is 12.6. The van der Waals surface area contributed by atoms with Crippen molar-refractivity contribution in [3.05, 3.63) is 78.4 Å². The fourth-order valence-corrected chi connectivity index (χ4v) is 2.01. The van der Waals surface area contributed by atoms with E-state index < -0.39 is 12.3 Å². The van der Waals surface area contributed by atoms with Gasteiger partial charge in [0.15, 0.2) is 5.78 Å². The van der Waals surface area contributed by atoms with E-state index >= 15 is 0 Å². The van der Waals surface area contributed by atoms with Crippen molar-refractivity contribution in [1.29, 1.82) is 0 Å². The molecule has 118 valence electrons. The summed E-state index contributed by atoms with van der Waals surface area (Å²) in [7, 11) is 0. The van der Waals surface area contributed by atoms with Crippen LogP contribution >= 0.6 is 0 Å². The summed E-state index contributed by atoms with van der Waals surface area (Å²) < 4.78 is 10.8. The van der Waals surface area contributed by atoms with Crippen LogP contribution in [0.25, 0.3) is 0 Å². The minimum Gasteiger partial charge on any atom is -0.454 e. The number of benzene rings is 2. The maximum Gasteiger partial charge on any atom is 0.333 e. The summed E-state index contributed by atoms with van der Waals surface area (Å²) in [5.41, 5.74) is 0.992. The molecule has 0 heterocycles. The summed E-state index contributed by atoms with van der Waals surface area (Å²) in [6, 6.07) is 15.8. The lowest BCUT2D eigenvalue weighted by Crippen LogP contribution is -2.23. The summed E-state index contributed by atoms with van der Waals surface area (Å²) >= 11 is 0. The molecule has 23 heavy (non-hydrogen) atoms. The molecule has 2 rings (SSSR count). The maximum absolute atomic E-state index is 12.6. The Labute approximate surface area is 135 Å². The molecule has 0 bridgehead atoms. The van der Waals surface area contributed by atoms with Crippen LogP contribution in [-0.4, -0.2) is 18.0 Å². The van der Waals surface area contributed by atoms with Gasteiger partial charge in [0.25, 0.3) is 0 Å². The second-order valence-corrected chi connectivity index (χ2v) is 4.79. The van der Waals surface area contributed by atoms with Gasteiger partial charge in [-0.05, 0) is 12.1 Å². The van der Waals surface area contributed by atoms with Gasteiger partial charge in [0.05, 0.1) is 5.56 Å². The van der Waals surface area contributed by atoms with Crippen molar-refractivity contribution < 1.29 is 19.1 Å². The molecule has 0 saturated heterocycles. The van der Waals surface area contributed by atoms with Crippen LogP contribution < -0.4 is 4.74 Å². The van der Waals surface area contributed by atoms with Crippen LogP contribution in [0.4, 0.5) is 0 Å². The van der Waals surface area contributed by atoms with Gasteiger partial charge in [-0.1, -0.05) is 56.0 Å². The largest absolute Gasteiger partial charge is 0.454 e. The van der Waals surface area contributed by atoms with E-state index in [0.29, 0.717) is 23.3 Å². The van der Waals surface area contributed by atoms with Crippen LogP contribution in [-0.2, 0) is 9.53 Å². The number of para-hydroxylation sites is 1. The van der Waals surface area contributed by atoms with Crippen LogP contribution in [0.15, 0.2) is 67.3 Å². The number of ketones is 1. The van der Waals surface area contributed by atoms with Gasteiger partial charge in [-0.25, -0.2) is 4.79 Å². The Bertz CT molecular complexity index is 692. The van der Waals surface area contributed by atoms with E-state index in [-0.39, 0.29) is 5.78 Å². The molecular weight excluding hydrogens is 292 g/mol. The number of carbonyl (C=O) groups excluding carboxylic acids is 2. The first-order chi connectivity index (χ1) is 11.2. The highest BCUT2D eigenvalue weighted by Crippen LogP contribution is 2.23. The molecule has 0 aliphatic carbocycles. The smallest absolute Gasteiger partial charge is 0.333 e. The zero-order chi connectivity index (χ0) is 16.7. The Morgan fingerprint density at radius 2 is 1.74 bits per heavy atom. The second kappa shape index (κ2) is 7.94. The normalized spacial score (nSPS) is 11.3. The van der Waals surface area contributed by atoms with Crippen molar-refractivity contribution in [3.63, 3.8) is 0 Å². The molecule has 2 aromatic carbocycles. The van der Waals surface area contributed by atoms with Gasteiger partial charge in [0.1, 0.15) is 5.75 Å². The predicted molar refractivity (Wildman–Crippen MR) is 87.3 cm³/mol. The molecule has 4 heteroatoms. The lowest BCUT2D eigenvalue weighted by molar-refractivity contribution is -0.157. The van der Waals surface area contributed by atoms with Crippen molar-refractivity contribution in [2.75, 3.05) is 0 Å². The fourth-order valence-electron chi connectivity index (χ4n) is 2.01. The van der Waals surface area contributed by atoms with Crippen molar-refractivity contribution in [2.24, 2.45) is 0 Å². The highest BCUT2D eigenvalue weighted by molar-refractivity contribution is 6.10. The van der Waals surface area contributed by atoms with E-state index in [1.165, 1.54) is 0 Å². The van der Waals surface area contributed by atoms with Gasteiger partial charge in [-0.15, -0.1) is 0 Å². The van der Waals surface area contributed by atoms with E-state index in [1.807, 2.05) is 13.0 Å². The van der Waals surface area contributed by atoms with Crippen molar-refractivity contribution >= 4 is 11.8 Å². The highest BCUT2D eigenvalue weighted by atomic mass is 16.7. The van der Waals surface area contributed by atoms with E-state index in [4.69, 9.17) is 9.47 Å². The van der Waals surface area contributed by atoms with Gasteiger partial charge < -0.3 is 9.47 Å². The zero-order valence-corrected chi connectivity index (χ0v) is 12.9. The third kappa shape index (κ3) is 4.30. The fraction of sp³-hybridized carbons (Fsp3) is 0.158. The molecule has 0 aliphatic heterocycles. The Morgan fingerprint density at radius 3 is 2.39 bits per heavy atom. The number of esters is 1. The highest BCUT2D eigenvalue weighted by Gasteiger charge is 2.18. The van der Waals surface area contributed by atoms with Crippen molar-refractivity contribution in [2.45, 2.75) is 19.6 Å². The molecule has 0 aliphatic rings. The number of ether oxygens (including phenoxy) is 2. The third-order valence-corrected chi connectivity index (χ3v) is 3.17. The number of carbonyl (C=O) groups is 2. The Hall–Kier alpha value is -2.88. The molecule has 1 unspecified atom stereocenters. The van der Waals surface area contributed by atoms with Crippen molar-refractivity contribution in [3.8, 4) is 5.75 Å². The summed E-state index contributed by atoms with van der Waals surface area (Å²) in [4.78, 5) is 23.9. The number of hydrogen-bond donors (Lipinski definition) is 0. The van der Waals surface area contributed by atoms with Gasteiger partial charge in [0.2, 0.25) is 6.29 Å². The topological polar surface area (TPSA) is 52.6 Å².